The largest absolute Gasteiger partial charge is 0.423 e. The van der Waals surface area contributed by atoms with Crippen molar-refractivity contribution in [2.45, 2.75) is 19.8 Å². The second-order valence-corrected chi connectivity index (χ2v) is 6.50. The molecule has 0 bridgehead atoms. The Morgan fingerprint density at radius 1 is 0.867 bits per heavy atom. The van der Waals surface area contributed by atoms with E-state index in [1.54, 1.807) is 18.2 Å². The minimum atomic E-state index is -0.771. The lowest BCUT2D eigenvalue weighted by molar-refractivity contribution is 0.0730. The van der Waals surface area contributed by atoms with Crippen molar-refractivity contribution in [3.05, 3.63) is 94.8 Å². The van der Waals surface area contributed by atoms with Crippen LogP contribution in [-0.4, -0.2) is 11.9 Å². The zero-order chi connectivity index (χ0) is 21.5. The summed E-state index contributed by atoms with van der Waals surface area (Å²) in [6.07, 6.45) is 1.97. The van der Waals surface area contributed by atoms with Gasteiger partial charge in [0.15, 0.2) is 0 Å². The molecule has 30 heavy (non-hydrogen) atoms. The molecule has 0 spiro atoms. The molecule has 3 aromatic carbocycles. The molecule has 0 atom stereocenters. The van der Waals surface area contributed by atoms with Gasteiger partial charge in [-0.2, -0.15) is 5.26 Å². The van der Waals surface area contributed by atoms with E-state index in [2.05, 4.69) is 6.92 Å². The van der Waals surface area contributed by atoms with Gasteiger partial charge >= 0.3 is 11.9 Å². The van der Waals surface area contributed by atoms with Crippen LogP contribution in [0.3, 0.4) is 0 Å². The van der Waals surface area contributed by atoms with E-state index in [4.69, 9.17) is 14.7 Å². The van der Waals surface area contributed by atoms with Gasteiger partial charge in [-0.1, -0.05) is 25.5 Å². The maximum absolute atomic E-state index is 13.6. The Kier molecular flexibility index (Phi) is 6.56. The molecule has 3 aromatic rings. The summed E-state index contributed by atoms with van der Waals surface area (Å²) in [5.41, 5.74) is 1.64. The number of ether oxygens (including phenoxy) is 2. The van der Waals surface area contributed by atoms with Crippen molar-refractivity contribution in [1.29, 1.82) is 5.26 Å². The minimum absolute atomic E-state index is 0.0153. The van der Waals surface area contributed by atoms with Gasteiger partial charge in [-0.05, 0) is 60.5 Å². The van der Waals surface area contributed by atoms with Crippen LogP contribution in [0.5, 0.6) is 11.5 Å². The number of nitriles is 1. The maximum atomic E-state index is 13.6. The van der Waals surface area contributed by atoms with E-state index < -0.39 is 17.8 Å². The third kappa shape index (κ3) is 5.09. The Balaban J connectivity index is 1.62. The van der Waals surface area contributed by atoms with Crippen LogP contribution in [-0.2, 0) is 6.42 Å². The average molecular weight is 403 g/mol. The van der Waals surface area contributed by atoms with Gasteiger partial charge in [0.05, 0.1) is 16.7 Å². The monoisotopic (exact) mass is 403 g/mol. The number of halogens is 1. The lowest BCUT2D eigenvalue weighted by atomic mass is 10.1. The molecule has 150 valence electrons. The lowest BCUT2D eigenvalue weighted by Crippen LogP contribution is -2.10. The Morgan fingerprint density at radius 2 is 1.40 bits per heavy atom. The first-order chi connectivity index (χ1) is 14.5. The molecule has 0 radical (unpaired) electrons. The number of nitrogens with zero attached hydrogens (tertiary/aromatic N) is 1. The van der Waals surface area contributed by atoms with E-state index in [0.717, 1.165) is 24.5 Å². The first-order valence-corrected chi connectivity index (χ1v) is 9.33. The lowest BCUT2D eigenvalue weighted by Gasteiger charge is -2.07. The first-order valence-electron chi connectivity index (χ1n) is 9.33. The molecular formula is C24H18FNO4. The molecule has 0 aliphatic carbocycles. The predicted molar refractivity (Wildman–Crippen MR) is 108 cm³/mol. The number of benzene rings is 3. The number of esters is 2. The fourth-order valence-electron chi connectivity index (χ4n) is 2.74. The number of rotatable bonds is 6. The number of aryl methyl sites for hydroxylation is 1. The van der Waals surface area contributed by atoms with Crippen molar-refractivity contribution in [1.82, 2.24) is 0 Å². The van der Waals surface area contributed by atoms with Crippen molar-refractivity contribution < 1.29 is 23.5 Å². The molecule has 0 fully saturated rings. The van der Waals surface area contributed by atoms with E-state index in [0.29, 0.717) is 5.56 Å². The molecule has 0 aliphatic rings. The van der Waals surface area contributed by atoms with Gasteiger partial charge in [-0.15, -0.1) is 0 Å². The van der Waals surface area contributed by atoms with Crippen LogP contribution in [0.25, 0.3) is 0 Å². The Bertz CT molecular complexity index is 1100. The van der Waals surface area contributed by atoms with Gasteiger partial charge in [0.1, 0.15) is 23.4 Å². The smallest absolute Gasteiger partial charge is 0.343 e. The van der Waals surface area contributed by atoms with Gasteiger partial charge in [-0.3, -0.25) is 0 Å². The van der Waals surface area contributed by atoms with E-state index in [-0.39, 0.29) is 22.6 Å². The molecule has 0 unspecified atom stereocenters. The molecule has 0 heterocycles. The predicted octanol–water partition coefficient (Wildman–Crippen LogP) is 5.09. The maximum Gasteiger partial charge on any atom is 0.343 e. The molecule has 5 nitrogen and oxygen atoms in total. The van der Waals surface area contributed by atoms with Gasteiger partial charge in [0.25, 0.3) is 0 Å². The summed E-state index contributed by atoms with van der Waals surface area (Å²) in [5, 5.41) is 8.73. The van der Waals surface area contributed by atoms with E-state index >= 15 is 0 Å². The fraction of sp³-hybridized carbons (Fsp3) is 0.125. The van der Waals surface area contributed by atoms with Crippen LogP contribution in [0.2, 0.25) is 0 Å². The van der Waals surface area contributed by atoms with Crippen LogP contribution in [0, 0.1) is 17.1 Å². The summed E-state index contributed by atoms with van der Waals surface area (Å²) < 4.78 is 24.0. The second kappa shape index (κ2) is 9.48. The van der Waals surface area contributed by atoms with Crippen LogP contribution in [0.4, 0.5) is 4.39 Å². The van der Waals surface area contributed by atoms with E-state index in [1.807, 2.05) is 12.1 Å². The Labute approximate surface area is 173 Å². The van der Waals surface area contributed by atoms with Crippen molar-refractivity contribution in [3.8, 4) is 17.6 Å². The summed E-state index contributed by atoms with van der Waals surface area (Å²) in [7, 11) is 0. The van der Waals surface area contributed by atoms with Crippen LogP contribution < -0.4 is 9.47 Å². The summed E-state index contributed by atoms with van der Waals surface area (Å²) >= 11 is 0. The van der Waals surface area contributed by atoms with E-state index in [9.17, 15) is 14.0 Å². The number of carbonyl (C=O) groups excluding carboxylic acids is 2. The fourth-order valence-corrected chi connectivity index (χ4v) is 2.74. The van der Waals surface area contributed by atoms with Gasteiger partial charge in [0, 0.05) is 6.07 Å². The normalized spacial score (nSPS) is 10.2. The van der Waals surface area contributed by atoms with Crippen LogP contribution in [0.1, 0.15) is 45.2 Å². The zero-order valence-electron chi connectivity index (χ0n) is 16.2. The average Bonchev–Trinajstić information content (AvgIpc) is 2.75. The van der Waals surface area contributed by atoms with Crippen molar-refractivity contribution in [2.75, 3.05) is 0 Å². The van der Waals surface area contributed by atoms with Crippen molar-refractivity contribution >= 4 is 11.9 Å². The number of hydrogen-bond donors (Lipinski definition) is 0. The Hall–Kier alpha value is -3.98. The highest BCUT2D eigenvalue weighted by molar-refractivity contribution is 5.92. The SMILES string of the molecule is CCCc1ccc(C(=O)Oc2ccc(C(=O)Oc3ccc(C#N)c(F)c3)cc2)cc1. The van der Waals surface area contributed by atoms with Gasteiger partial charge in [-0.25, -0.2) is 14.0 Å². The molecule has 0 saturated heterocycles. The molecule has 0 aromatic heterocycles. The molecule has 0 saturated carbocycles. The topological polar surface area (TPSA) is 76.4 Å². The number of carbonyl (C=O) groups is 2. The standard InChI is InChI=1S/C24H18FNO4/c1-2-3-16-4-6-17(7-5-16)23(27)29-20-11-8-18(9-12-20)24(28)30-21-13-10-19(15-26)22(25)14-21/h4-14H,2-3H2,1H3. The highest BCUT2D eigenvalue weighted by Gasteiger charge is 2.13. The molecule has 0 N–H and O–H groups in total. The zero-order valence-corrected chi connectivity index (χ0v) is 16.2. The highest BCUT2D eigenvalue weighted by atomic mass is 19.1. The minimum Gasteiger partial charge on any atom is -0.423 e. The molecular weight excluding hydrogens is 385 g/mol. The third-order valence-corrected chi connectivity index (χ3v) is 4.30. The van der Waals surface area contributed by atoms with E-state index in [1.165, 1.54) is 36.4 Å². The van der Waals surface area contributed by atoms with Crippen molar-refractivity contribution in [2.24, 2.45) is 0 Å². The number of hydrogen-bond acceptors (Lipinski definition) is 5. The summed E-state index contributed by atoms with van der Waals surface area (Å²) in [6.45, 7) is 2.09. The highest BCUT2D eigenvalue weighted by Crippen LogP contribution is 2.19. The first kappa shape index (κ1) is 20.7. The van der Waals surface area contributed by atoms with Crippen LogP contribution in [0.15, 0.2) is 66.7 Å². The molecule has 0 amide bonds. The third-order valence-electron chi connectivity index (χ3n) is 4.30. The summed E-state index contributed by atoms with van der Waals surface area (Å²) in [4.78, 5) is 24.5. The quantitative estimate of drug-likeness (QED) is 0.423. The molecule has 6 heteroatoms. The van der Waals surface area contributed by atoms with Gasteiger partial charge in [0.2, 0.25) is 0 Å². The molecule has 3 rings (SSSR count). The Morgan fingerprint density at radius 3 is 1.93 bits per heavy atom. The summed E-state index contributed by atoms with van der Waals surface area (Å²) in [5.74, 6) is -1.71. The second-order valence-electron chi connectivity index (χ2n) is 6.50. The van der Waals surface area contributed by atoms with Gasteiger partial charge < -0.3 is 9.47 Å². The van der Waals surface area contributed by atoms with Crippen molar-refractivity contribution in [3.63, 3.8) is 0 Å². The molecule has 0 aliphatic heterocycles. The summed E-state index contributed by atoms with van der Waals surface area (Å²) in [6, 6.07) is 18.3. The van der Waals surface area contributed by atoms with Crippen LogP contribution >= 0.6 is 0 Å².